The van der Waals surface area contributed by atoms with Crippen LogP contribution >= 0.6 is 11.6 Å². The second kappa shape index (κ2) is 5.80. The summed E-state index contributed by atoms with van der Waals surface area (Å²) in [6.45, 7) is 3.06. The molecule has 5 heteroatoms. The smallest absolute Gasteiger partial charge is 0.321 e. The average molecular weight is 283 g/mol. The van der Waals surface area contributed by atoms with Crippen molar-refractivity contribution in [3.63, 3.8) is 0 Å². The molecule has 1 aromatic carbocycles. The third-order valence-electron chi connectivity index (χ3n) is 3.43. The molecule has 1 saturated heterocycles. The number of nitrogens with zero attached hydrogens (tertiary/aromatic N) is 1. The summed E-state index contributed by atoms with van der Waals surface area (Å²) in [7, 11) is 0. The van der Waals surface area contributed by atoms with Gasteiger partial charge in [0.15, 0.2) is 0 Å². The minimum atomic E-state index is -0.662. The highest BCUT2D eigenvalue weighted by Crippen LogP contribution is 2.22. The minimum absolute atomic E-state index is 0.139. The zero-order valence-corrected chi connectivity index (χ0v) is 11.8. The molecule has 19 heavy (non-hydrogen) atoms. The SMILES string of the molecule is CC1(O)CCCN(C(=O)Nc2cccc(Cl)c2)CC1. The number of likely N-dealkylation sites (tertiary alicyclic amines) is 1. The van der Waals surface area contributed by atoms with Crippen molar-refractivity contribution in [2.24, 2.45) is 0 Å². The first-order valence-electron chi connectivity index (χ1n) is 6.50. The van der Waals surface area contributed by atoms with Gasteiger partial charge in [-0.3, -0.25) is 0 Å². The number of benzene rings is 1. The van der Waals surface area contributed by atoms with Crippen molar-refractivity contribution in [1.82, 2.24) is 4.90 Å². The molecule has 1 fully saturated rings. The van der Waals surface area contributed by atoms with Crippen LogP contribution in [0, 0.1) is 0 Å². The third-order valence-corrected chi connectivity index (χ3v) is 3.66. The van der Waals surface area contributed by atoms with Crippen molar-refractivity contribution in [2.75, 3.05) is 18.4 Å². The molecule has 0 aliphatic carbocycles. The molecule has 1 aliphatic rings. The summed E-state index contributed by atoms with van der Waals surface area (Å²) in [4.78, 5) is 13.9. The lowest BCUT2D eigenvalue weighted by atomic mass is 9.98. The molecule has 0 radical (unpaired) electrons. The van der Waals surface area contributed by atoms with Crippen molar-refractivity contribution in [1.29, 1.82) is 0 Å². The van der Waals surface area contributed by atoms with Gasteiger partial charge in [-0.15, -0.1) is 0 Å². The van der Waals surface area contributed by atoms with Crippen molar-refractivity contribution in [3.8, 4) is 0 Å². The molecule has 1 aliphatic heterocycles. The summed E-state index contributed by atoms with van der Waals surface area (Å²) in [5.74, 6) is 0. The van der Waals surface area contributed by atoms with Crippen LogP contribution in [0.25, 0.3) is 0 Å². The molecule has 0 spiro atoms. The van der Waals surface area contributed by atoms with Crippen LogP contribution in [0.4, 0.5) is 10.5 Å². The van der Waals surface area contributed by atoms with Gasteiger partial charge in [-0.2, -0.15) is 0 Å². The van der Waals surface area contributed by atoms with Gasteiger partial charge < -0.3 is 15.3 Å². The Kier molecular flexibility index (Phi) is 4.32. The normalized spacial score (nSPS) is 23.8. The Morgan fingerprint density at radius 3 is 2.95 bits per heavy atom. The van der Waals surface area contributed by atoms with E-state index in [9.17, 15) is 9.90 Å². The van der Waals surface area contributed by atoms with E-state index in [1.807, 2.05) is 6.92 Å². The molecule has 1 heterocycles. The summed E-state index contributed by atoms with van der Waals surface area (Å²) in [5, 5.41) is 13.4. The monoisotopic (exact) mass is 282 g/mol. The standard InChI is InChI=1S/C14H19ClN2O2/c1-14(19)6-3-8-17(9-7-14)13(18)16-12-5-2-4-11(15)10-12/h2,4-5,10,19H,3,6-9H2,1H3,(H,16,18). The fraction of sp³-hybridized carbons (Fsp3) is 0.500. The second-order valence-corrected chi connectivity index (χ2v) is 5.71. The van der Waals surface area contributed by atoms with Crippen LogP contribution in [0.1, 0.15) is 26.2 Å². The van der Waals surface area contributed by atoms with E-state index < -0.39 is 5.60 Å². The van der Waals surface area contributed by atoms with E-state index in [1.54, 1.807) is 29.2 Å². The van der Waals surface area contributed by atoms with Gasteiger partial charge in [0.25, 0.3) is 0 Å². The number of halogens is 1. The predicted molar refractivity (Wildman–Crippen MR) is 76.5 cm³/mol. The first kappa shape index (κ1) is 14.2. The van der Waals surface area contributed by atoms with E-state index >= 15 is 0 Å². The van der Waals surface area contributed by atoms with E-state index in [2.05, 4.69) is 5.32 Å². The predicted octanol–water partition coefficient (Wildman–Crippen LogP) is 3.11. The summed E-state index contributed by atoms with van der Waals surface area (Å²) >= 11 is 5.88. The number of aliphatic hydroxyl groups is 1. The Morgan fingerprint density at radius 1 is 1.42 bits per heavy atom. The van der Waals surface area contributed by atoms with Crippen molar-refractivity contribution < 1.29 is 9.90 Å². The van der Waals surface area contributed by atoms with Gasteiger partial charge in [0.2, 0.25) is 0 Å². The Morgan fingerprint density at radius 2 is 2.21 bits per heavy atom. The molecule has 0 saturated carbocycles. The highest BCUT2D eigenvalue weighted by atomic mass is 35.5. The number of hydrogen-bond acceptors (Lipinski definition) is 2. The van der Waals surface area contributed by atoms with Gasteiger partial charge in [-0.1, -0.05) is 17.7 Å². The highest BCUT2D eigenvalue weighted by molar-refractivity contribution is 6.30. The van der Waals surface area contributed by atoms with E-state index in [4.69, 9.17) is 11.6 Å². The molecule has 1 aromatic rings. The number of carbonyl (C=O) groups excluding carboxylic acids is 1. The number of nitrogens with one attached hydrogen (secondary N) is 1. The molecule has 104 valence electrons. The molecule has 0 bridgehead atoms. The maximum absolute atomic E-state index is 12.1. The van der Waals surface area contributed by atoms with Crippen LogP contribution in [0.3, 0.4) is 0 Å². The lowest BCUT2D eigenvalue weighted by Gasteiger charge is -2.22. The van der Waals surface area contributed by atoms with E-state index in [0.717, 1.165) is 12.8 Å². The largest absolute Gasteiger partial charge is 0.390 e. The summed E-state index contributed by atoms with van der Waals surface area (Å²) < 4.78 is 0. The maximum atomic E-state index is 12.1. The quantitative estimate of drug-likeness (QED) is 0.831. The molecular weight excluding hydrogens is 264 g/mol. The van der Waals surface area contributed by atoms with Gasteiger partial charge in [-0.05, 0) is 44.4 Å². The number of rotatable bonds is 1. The number of carbonyl (C=O) groups is 1. The van der Waals surface area contributed by atoms with Gasteiger partial charge >= 0.3 is 6.03 Å². The van der Waals surface area contributed by atoms with Gasteiger partial charge in [0.1, 0.15) is 0 Å². The zero-order valence-electron chi connectivity index (χ0n) is 11.0. The van der Waals surface area contributed by atoms with Crippen LogP contribution in [-0.2, 0) is 0 Å². The molecule has 4 nitrogen and oxygen atoms in total. The second-order valence-electron chi connectivity index (χ2n) is 5.28. The Bertz CT molecular complexity index is 463. The molecule has 2 rings (SSSR count). The first-order valence-corrected chi connectivity index (χ1v) is 6.88. The lowest BCUT2D eigenvalue weighted by Crippen LogP contribution is -2.36. The summed E-state index contributed by atoms with van der Waals surface area (Å²) in [6.07, 6.45) is 2.15. The Labute approximate surface area is 118 Å². The summed E-state index contributed by atoms with van der Waals surface area (Å²) in [6, 6.07) is 6.94. The maximum Gasteiger partial charge on any atom is 0.321 e. The van der Waals surface area contributed by atoms with Crippen LogP contribution in [-0.4, -0.2) is 34.7 Å². The van der Waals surface area contributed by atoms with Gasteiger partial charge in [0.05, 0.1) is 5.60 Å². The van der Waals surface area contributed by atoms with Crippen LogP contribution < -0.4 is 5.32 Å². The van der Waals surface area contributed by atoms with E-state index in [1.165, 1.54) is 0 Å². The number of hydrogen-bond donors (Lipinski definition) is 2. The molecule has 2 N–H and O–H groups in total. The number of anilines is 1. The van der Waals surface area contributed by atoms with E-state index in [-0.39, 0.29) is 6.03 Å². The highest BCUT2D eigenvalue weighted by Gasteiger charge is 2.26. The molecule has 1 atom stereocenters. The van der Waals surface area contributed by atoms with Gasteiger partial charge in [-0.25, -0.2) is 4.79 Å². The van der Waals surface area contributed by atoms with Crippen LogP contribution in [0.5, 0.6) is 0 Å². The third kappa shape index (κ3) is 4.11. The van der Waals surface area contributed by atoms with Crippen molar-refractivity contribution in [3.05, 3.63) is 29.3 Å². The van der Waals surface area contributed by atoms with Crippen LogP contribution in [0.2, 0.25) is 5.02 Å². The average Bonchev–Trinajstić information content (AvgIpc) is 2.50. The van der Waals surface area contributed by atoms with Crippen LogP contribution in [0.15, 0.2) is 24.3 Å². The number of urea groups is 1. The zero-order chi connectivity index (χ0) is 13.9. The molecular formula is C14H19ClN2O2. The van der Waals surface area contributed by atoms with Crippen molar-refractivity contribution in [2.45, 2.75) is 31.8 Å². The first-order chi connectivity index (χ1) is 8.96. The topological polar surface area (TPSA) is 52.6 Å². The lowest BCUT2D eigenvalue weighted by molar-refractivity contribution is 0.0458. The molecule has 2 amide bonds. The molecule has 0 aromatic heterocycles. The van der Waals surface area contributed by atoms with E-state index in [0.29, 0.717) is 30.2 Å². The van der Waals surface area contributed by atoms with Gasteiger partial charge in [0, 0.05) is 23.8 Å². The number of amides is 2. The minimum Gasteiger partial charge on any atom is -0.390 e. The summed E-state index contributed by atoms with van der Waals surface area (Å²) in [5.41, 5.74) is 0.0268. The Hall–Kier alpha value is -1.26. The molecule has 1 unspecified atom stereocenters. The fourth-order valence-corrected chi connectivity index (χ4v) is 2.43. The van der Waals surface area contributed by atoms with Crippen molar-refractivity contribution >= 4 is 23.3 Å². The fourth-order valence-electron chi connectivity index (χ4n) is 2.24. The Balaban J connectivity index is 1.96.